The van der Waals surface area contributed by atoms with Crippen molar-refractivity contribution in [3.63, 3.8) is 0 Å². The smallest absolute Gasteiger partial charge is 0.0434 e. The van der Waals surface area contributed by atoms with E-state index in [4.69, 9.17) is 10.8 Å². The molecule has 2 rings (SSSR count). The minimum absolute atomic E-state index is 0.151. The highest BCUT2D eigenvalue weighted by atomic mass is 16.3. The average Bonchev–Trinajstić information content (AvgIpc) is 2.47. The highest BCUT2D eigenvalue weighted by Crippen LogP contribution is 2.26. The molecule has 106 valence electrons. The number of aliphatic hydroxyl groups is 1. The van der Waals surface area contributed by atoms with Crippen LogP contribution in [0.5, 0.6) is 0 Å². The third kappa shape index (κ3) is 3.71. The molecule has 1 fully saturated rings. The van der Waals surface area contributed by atoms with Crippen molar-refractivity contribution in [3.05, 3.63) is 29.8 Å². The molecule has 0 amide bonds. The molecule has 2 unspecified atom stereocenters. The molecule has 0 saturated carbocycles. The molecule has 1 saturated heterocycles. The van der Waals surface area contributed by atoms with Crippen LogP contribution in [0.1, 0.15) is 44.2 Å². The van der Waals surface area contributed by atoms with E-state index < -0.39 is 0 Å². The molecule has 3 nitrogen and oxygen atoms in total. The molecule has 0 aliphatic carbocycles. The zero-order valence-electron chi connectivity index (χ0n) is 11.9. The van der Waals surface area contributed by atoms with Crippen LogP contribution >= 0.6 is 0 Å². The van der Waals surface area contributed by atoms with Crippen LogP contribution in [0.15, 0.2) is 24.3 Å². The van der Waals surface area contributed by atoms with Crippen molar-refractivity contribution in [3.8, 4) is 0 Å². The molecular formula is C16H26N2O. The zero-order valence-corrected chi connectivity index (χ0v) is 11.9. The summed E-state index contributed by atoms with van der Waals surface area (Å²) in [5.41, 5.74) is 8.55. The van der Waals surface area contributed by atoms with Crippen LogP contribution in [-0.2, 0) is 0 Å². The van der Waals surface area contributed by atoms with E-state index in [2.05, 4.69) is 36.1 Å². The van der Waals surface area contributed by atoms with E-state index in [-0.39, 0.29) is 6.04 Å². The Bertz CT molecular complexity index is 375. The maximum absolute atomic E-state index is 9.07. The molecule has 0 radical (unpaired) electrons. The summed E-state index contributed by atoms with van der Waals surface area (Å²) in [5.74, 6) is 0.635. The number of nitrogens with zero attached hydrogens (tertiary/aromatic N) is 1. The van der Waals surface area contributed by atoms with Gasteiger partial charge in [0.2, 0.25) is 0 Å². The number of nitrogens with two attached hydrogens (primary N) is 1. The second-order valence-corrected chi connectivity index (χ2v) is 5.57. The topological polar surface area (TPSA) is 49.5 Å². The molecule has 1 aliphatic rings. The molecular weight excluding hydrogens is 236 g/mol. The minimum atomic E-state index is 0.151. The van der Waals surface area contributed by atoms with Crippen molar-refractivity contribution in [1.29, 1.82) is 0 Å². The number of piperidine rings is 1. The van der Waals surface area contributed by atoms with Gasteiger partial charge in [-0.05, 0) is 49.3 Å². The lowest BCUT2D eigenvalue weighted by molar-refractivity contribution is 0.244. The second kappa shape index (κ2) is 6.92. The summed E-state index contributed by atoms with van der Waals surface area (Å²) in [6.45, 7) is 4.62. The van der Waals surface area contributed by atoms with Crippen molar-refractivity contribution >= 4 is 5.69 Å². The van der Waals surface area contributed by atoms with Gasteiger partial charge in [0.1, 0.15) is 0 Å². The van der Waals surface area contributed by atoms with E-state index in [0.29, 0.717) is 12.5 Å². The molecule has 0 bridgehead atoms. The SMILES string of the molecule is CCC(N)c1ccc(N2CCCC(CCO)C2)cc1. The molecule has 1 aromatic carbocycles. The largest absolute Gasteiger partial charge is 0.396 e. The average molecular weight is 262 g/mol. The number of hydrogen-bond acceptors (Lipinski definition) is 3. The summed E-state index contributed by atoms with van der Waals surface area (Å²) < 4.78 is 0. The molecule has 2 atom stereocenters. The van der Waals surface area contributed by atoms with Crippen LogP contribution in [0.4, 0.5) is 5.69 Å². The summed E-state index contributed by atoms with van der Waals surface area (Å²) in [7, 11) is 0. The summed E-state index contributed by atoms with van der Waals surface area (Å²) in [5, 5.41) is 9.07. The van der Waals surface area contributed by atoms with Crippen LogP contribution in [0.25, 0.3) is 0 Å². The van der Waals surface area contributed by atoms with Gasteiger partial charge in [0, 0.05) is 31.4 Å². The Morgan fingerprint density at radius 2 is 2.11 bits per heavy atom. The van der Waals surface area contributed by atoms with E-state index in [9.17, 15) is 0 Å². The van der Waals surface area contributed by atoms with Crippen LogP contribution in [0.3, 0.4) is 0 Å². The Hall–Kier alpha value is -1.06. The third-order valence-corrected chi connectivity index (χ3v) is 4.18. The first kappa shape index (κ1) is 14.4. The van der Waals surface area contributed by atoms with E-state index in [1.165, 1.54) is 24.1 Å². The van der Waals surface area contributed by atoms with Gasteiger partial charge in [-0.15, -0.1) is 0 Å². The normalized spacial score (nSPS) is 21.4. The van der Waals surface area contributed by atoms with Crippen LogP contribution in [-0.4, -0.2) is 24.8 Å². The summed E-state index contributed by atoms with van der Waals surface area (Å²) in [6.07, 6.45) is 4.37. The molecule has 0 spiro atoms. The van der Waals surface area contributed by atoms with Crippen LogP contribution < -0.4 is 10.6 Å². The van der Waals surface area contributed by atoms with E-state index in [0.717, 1.165) is 25.9 Å². The maximum Gasteiger partial charge on any atom is 0.0434 e. The van der Waals surface area contributed by atoms with Gasteiger partial charge in [0.15, 0.2) is 0 Å². The Morgan fingerprint density at radius 1 is 1.37 bits per heavy atom. The quantitative estimate of drug-likeness (QED) is 0.858. The number of hydrogen-bond donors (Lipinski definition) is 2. The van der Waals surface area contributed by atoms with Gasteiger partial charge in [-0.1, -0.05) is 19.1 Å². The van der Waals surface area contributed by atoms with Gasteiger partial charge in [0.05, 0.1) is 0 Å². The fourth-order valence-corrected chi connectivity index (χ4v) is 2.89. The maximum atomic E-state index is 9.07. The fourth-order valence-electron chi connectivity index (χ4n) is 2.89. The first-order valence-corrected chi connectivity index (χ1v) is 7.46. The van der Waals surface area contributed by atoms with E-state index in [1.54, 1.807) is 0 Å². The molecule has 1 aliphatic heterocycles. The lowest BCUT2D eigenvalue weighted by atomic mass is 9.94. The van der Waals surface area contributed by atoms with Crippen molar-refractivity contribution in [2.45, 2.75) is 38.6 Å². The monoisotopic (exact) mass is 262 g/mol. The molecule has 1 heterocycles. The Morgan fingerprint density at radius 3 is 2.74 bits per heavy atom. The third-order valence-electron chi connectivity index (χ3n) is 4.18. The first-order chi connectivity index (χ1) is 9.24. The summed E-state index contributed by atoms with van der Waals surface area (Å²) in [4.78, 5) is 2.44. The van der Waals surface area contributed by atoms with Gasteiger partial charge >= 0.3 is 0 Å². The number of anilines is 1. The molecule has 1 aromatic rings. The number of aliphatic hydroxyl groups excluding tert-OH is 1. The molecule has 19 heavy (non-hydrogen) atoms. The zero-order chi connectivity index (χ0) is 13.7. The van der Waals surface area contributed by atoms with Crippen LogP contribution in [0.2, 0.25) is 0 Å². The summed E-state index contributed by atoms with van der Waals surface area (Å²) >= 11 is 0. The Balaban J connectivity index is 2.01. The van der Waals surface area contributed by atoms with Crippen molar-refractivity contribution in [2.24, 2.45) is 11.7 Å². The molecule has 3 N–H and O–H groups in total. The number of rotatable bonds is 5. The van der Waals surface area contributed by atoms with Gasteiger partial charge in [-0.2, -0.15) is 0 Å². The predicted octanol–water partition coefficient (Wildman–Crippen LogP) is 2.70. The number of benzene rings is 1. The van der Waals surface area contributed by atoms with Crippen molar-refractivity contribution < 1.29 is 5.11 Å². The van der Waals surface area contributed by atoms with E-state index >= 15 is 0 Å². The van der Waals surface area contributed by atoms with Crippen molar-refractivity contribution in [2.75, 3.05) is 24.6 Å². The Labute approximate surface area is 116 Å². The van der Waals surface area contributed by atoms with Gasteiger partial charge < -0.3 is 15.7 Å². The second-order valence-electron chi connectivity index (χ2n) is 5.57. The highest BCUT2D eigenvalue weighted by Gasteiger charge is 2.19. The van der Waals surface area contributed by atoms with Gasteiger partial charge in [0.25, 0.3) is 0 Å². The van der Waals surface area contributed by atoms with Gasteiger partial charge in [-0.3, -0.25) is 0 Å². The lowest BCUT2D eigenvalue weighted by Gasteiger charge is -2.34. The predicted molar refractivity (Wildman–Crippen MR) is 80.3 cm³/mol. The fraction of sp³-hybridized carbons (Fsp3) is 0.625. The van der Waals surface area contributed by atoms with Gasteiger partial charge in [-0.25, -0.2) is 0 Å². The standard InChI is InChI=1S/C16H26N2O/c1-2-16(17)14-5-7-15(8-6-14)18-10-3-4-13(12-18)9-11-19/h5-8,13,16,19H,2-4,9-12,17H2,1H3. The molecule has 3 heteroatoms. The Kier molecular flexibility index (Phi) is 5.23. The summed E-state index contributed by atoms with van der Waals surface area (Å²) in [6, 6.07) is 8.83. The van der Waals surface area contributed by atoms with Crippen molar-refractivity contribution in [1.82, 2.24) is 0 Å². The highest BCUT2D eigenvalue weighted by molar-refractivity contribution is 5.48. The van der Waals surface area contributed by atoms with Crippen LogP contribution in [0, 0.1) is 5.92 Å². The molecule has 0 aromatic heterocycles. The van der Waals surface area contributed by atoms with E-state index in [1.807, 2.05) is 0 Å². The first-order valence-electron chi connectivity index (χ1n) is 7.46. The minimum Gasteiger partial charge on any atom is -0.396 e. The lowest BCUT2D eigenvalue weighted by Crippen LogP contribution is -2.35.